The first-order valence-corrected chi connectivity index (χ1v) is 9.42. The summed E-state index contributed by atoms with van der Waals surface area (Å²) in [7, 11) is 0. The van der Waals surface area contributed by atoms with Crippen LogP contribution in [0.2, 0.25) is 0 Å². The molecule has 8 nitrogen and oxygen atoms in total. The van der Waals surface area contributed by atoms with Gasteiger partial charge in [0.2, 0.25) is 5.43 Å². The SMILES string of the molecule is NC(=O)c1cn2c(c(O)c1=O)C(=O)N1C(C2)OC(c2ccc(F)cc2F)CC12CC2. The number of amides is 2. The van der Waals surface area contributed by atoms with Crippen LogP contribution in [0.4, 0.5) is 8.78 Å². The first-order valence-electron chi connectivity index (χ1n) is 9.42. The van der Waals surface area contributed by atoms with Crippen LogP contribution in [0.3, 0.4) is 0 Å². The van der Waals surface area contributed by atoms with Crippen LogP contribution in [-0.4, -0.2) is 38.2 Å². The van der Waals surface area contributed by atoms with Gasteiger partial charge < -0.3 is 25.0 Å². The minimum atomic E-state index is -1.03. The van der Waals surface area contributed by atoms with Gasteiger partial charge in [-0.2, -0.15) is 0 Å². The van der Waals surface area contributed by atoms with Crippen LogP contribution in [0.5, 0.6) is 5.75 Å². The van der Waals surface area contributed by atoms with Crippen LogP contribution in [0.1, 0.15) is 51.8 Å². The first-order chi connectivity index (χ1) is 14.2. The monoisotopic (exact) mass is 417 g/mol. The van der Waals surface area contributed by atoms with Crippen molar-refractivity contribution in [1.82, 2.24) is 9.47 Å². The lowest BCUT2D eigenvalue weighted by Crippen LogP contribution is -2.59. The fraction of sp³-hybridized carbons (Fsp3) is 0.350. The highest BCUT2D eigenvalue weighted by Gasteiger charge is 2.59. The maximum Gasteiger partial charge on any atom is 0.277 e. The second-order valence-corrected chi connectivity index (χ2v) is 7.93. The summed E-state index contributed by atoms with van der Waals surface area (Å²) in [5.74, 6) is -3.90. The summed E-state index contributed by atoms with van der Waals surface area (Å²) >= 11 is 0. The second kappa shape index (κ2) is 6.11. The van der Waals surface area contributed by atoms with E-state index in [1.807, 2.05) is 0 Å². The number of carbonyl (C=O) groups excluding carboxylic acids is 2. The van der Waals surface area contributed by atoms with Gasteiger partial charge in [0.15, 0.2) is 17.7 Å². The van der Waals surface area contributed by atoms with Gasteiger partial charge in [-0.3, -0.25) is 14.4 Å². The Morgan fingerprint density at radius 2 is 2.00 bits per heavy atom. The number of primary amides is 1. The zero-order valence-electron chi connectivity index (χ0n) is 15.6. The van der Waals surface area contributed by atoms with E-state index in [2.05, 4.69) is 0 Å². The standard InChI is InChI=1S/C20H17F2N3O5/c21-9-1-2-10(12(22)5-9)13-6-20(3-4-20)25-14(30-13)8-24-7-11(18(23)28)16(26)17(27)15(24)19(25)29/h1-2,5,7,13-14,27H,3-4,6,8H2,(H2,23,28). The van der Waals surface area contributed by atoms with Gasteiger partial charge in [-0.15, -0.1) is 0 Å². The fourth-order valence-electron chi connectivity index (χ4n) is 4.53. The highest BCUT2D eigenvalue weighted by Crippen LogP contribution is 2.55. The lowest BCUT2D eigenvalue weighted by Gasteiger charge is -2.48. The quantitative estimate of drug-likeness (QED) is 0.767. The topological polar surface area (TPSA) is 115 Å². The molecule has 0 radical (unpaired) electrons. The van der Waals surface area contributed by atoms with Gasteiger partial charge in [0.05, 0.1) is 12.6 Å². The summed E-state index contributed by atoms with van der Waals surface area (Å²) in [5, 5.41) is 10.3. The third-order valence-corrected chi connectivity index (χ3v) is 6.12. The largest absolute Gasteiger partial charge is 0.503 e. The van der Waals surface area contributed by atoms with Gasteiger partial charge in [0, 0.05) is 29.8 Å². The summed E-state index contributed by atoms with van der Waals surface area (Å²) in [4.78, 5) is 38.5. The molecule has 156 valence electrons. The molecule has 2 aromatic rings. The van der Waals surface area contributed by atoms with Crippen LogP contribution in [0.15, 0.2) is 29.2 Å². The lowest BCUT2D eigenvalue weighted by atomic mass is 9.94. The van der Waals surface area contributed by atoms with E-state index in [1.54, 1.807) is 0 Å². The molecule has 1 spiro atoms. The van der Waals surface area contributed by atoms with Crippen molar-refractivity contribution < 1.29 is 28.2 Å². The predicted molar refractivity (Wildman–Crippen MR) is 97.6 cm³/mol. The Kier molecular flexibility index (Phi) is 3.82. The van der Waals surface area contributed by atoms with Crippen LogP contribution >= 0.6 is 0 Å². The molecule has 1 aromatic heterocycles. The summed E-state index contributed by atoms with van der Waals surface area (Å²) in [6.45, 7) is 0.0102. The molecule has 1 saturated carbocycles. The Morgan fingerprint density at radius 1 is 1.27 bits per heavy atom. The normalized spacial score (nSPS) is 23.8. The van der Waals surface area contributed by atoms with E-state index in [0.717, 1.165) is 18.3 Å². The van der Waals surface area contributed by atoms with Crippen molar-refractivity contribution in [3.05, 3.63) is 63.1 Å². The maximum atomic E-state index is 14.4. The Labute approximate surface area is 168 Å². The van der Waals surface area contributed by atoms with Gasteiger partial charge in [0.25, 0.3) is 11.8 Å². The smallest absolute Gasteiger partial charge is 0.277 e. The first kappa shape index (κ1) is 18.7. The number of pyridine rings is 1. The maximum absolute atomic E-state index is 14.4. The highest BCUT2D eigenvalue weighted by atomic mass is 19.1. The van der Waals surface area contributed by atoms with E-state index < -0.39 is 58.1 Å². The number of fused-ring (bicyclic) bond motifs is 3. The van der Waals surface area contributed by atoms with Gasteiger partial charge >= 0.3 is 0 Å². The fourth-order valence-corrected chi connectivity index (χ4v) is 4.53. The van der Waals surface area contributed by atoms with Crippen molar-refractivity contribution in [2.45, 2.75) is 43.7 Å². The van der Waals surface area contributed by atoms with E-state index in [0.29, 0.717) is 19.3 Å². The van der Waals surface area contributed by atoms with E-state index in [9.17, 15) is 28.3 Å². The van der Waals surface area contributed by atoms with Crippen molar-refractivity contribution >= 4 is 11.8 Å². The van der Waals surface area contributed by atoms with Gasteiger partial charge in [-0.05, 0) is 18.9 Å². The van der Waals surface area contributed by atoms with Crippen LogP contribution < -0.4 is 11.2 Å². The van der Waals surface area contributed by atoms with Crippen molar-refractivity contribution in [3.63, 3.8) is 0 Å². The lowest BCUT2D eigenvalue weighted by molar-refractivity contribution is -0.165. The molecule has 3 aliphatic rings. The van der Waals surface area contributed by atoms with Gasteiger partial charge in [-0.1, -0.05) is 6.07 Å². The number of hydrogen-bond acceptors (Lipinski definition) is 5. The van der Waals surface area contributed by atoms with E-state index in [1.165, 1.54) is 15.5 Å². The number of nitrogens with two attached hydrogens (primary N) is 1. The number of ether oxygens (including phenoxy) is 1. The van der Waals surface area contributed by atoms with Crippen molar-refractivity contribution in [1.29, 1.82) is 0 Å². The molecule has 3 heterocycles. The number of aromatic nitrogens is 1. The molecule has 1 aromatic carbocycles. The molecule has 1 aliphatic carbocycles. The predicted octanol–water partition coefficient (Wildman–Crippen LogP) is 1.41. The van der Waals surface area contributed by atoms with E-state index in [4.69, 9.17) is 10.5 Å². The van der Waals surface area contributed by atoms with Crippen molar-refractivity contribution in [2.24, 2.45) is 5.73 Å². The summed E-state index contributed by atoms with van der Waals surface area (Å²) in [6.07, 6.45) is 1.22. The highest BCUT2D eigenvalue weighted by molar-refractivity contribution is 5.99. The Morgan fingerprint density at radius 3 is 2.63 bits per heavy atom. The summed E-state index contributed by atoms with van der Waals surface area (Å²) in [5.41, 5.74) is 3.11. The van der Waals surface area contributed by atoms with E-state index >= 15 is 0 Å². The van der Waals surface area contributed by atoms with Crippen LogP contribution in [-0.2, 0) is 11.3 Å². The van der Waals surface area contributed by atoms with Crippen molar-refractivity contribution in [2.75, 3.05) is 0 Å². The van der Waals surface area contributed by atoms with Crippen molar-refractivity contribution in [3.8, 4) is 5.75 Å². The number of carbonyl (C=O) groups is 2. The number of aromatic hydroxyl groups is 1. The number of halogens is 2. The van der Waals surface area contributed by atoms with Gasteiger partial charge in [0.1, 0.15) is 17.2 Å². The molecule has 30 heavy (non-hydrogen) atoms. The molecule has 10 heteroatoms. The minimum Gasteiger partial charge on any atom is -0.503 e. The molecular formula is C20H17F2N3O5. The second-order valence-electron chi connectivity index (χ2n) is 7.93. The third-order valence-electron chi connectivity index (χ3n) is 6.12. The summed E-state index contributed by atoms with van der Waals surface area (Å²) in [6, 6.07) is 3.26. The Hall–Kier alpha value is -3.27. The zero-order chi connectivity index (χ0) is 21.4. The molecule has 2 unspecified atom stereocenters. The number of benzene rings is 1. The minimum absolute atomic E-state index is 0.0102. The van der Waals surface area contributed by atoms with Gasteiger partial charge in [-0.25, -0.2) is 8.78 Å². The molecule has 0 bridgehead atoms. The number of rotatable bonds is 2. The molecule has 2 atom stereocenters. The molecule has 5 rings (SSSR count). The number of nitrogens with zero attached hydrogens (tertiary/aromatic N) is 2. The molecule has 3 N–H and O–H groups in total. The van der Waals surface area contributed by atoms with Crippen LogP contribution in [0.25, 0.3) is 0 Å². The zero-order valence-corrected chi connectivity index (χ0v) is 15.6. The average molecular weight is 417 g/mol. The Balaban J connectivity index is 1.58. The van der Waals surface area contributed by atoms with Crippen LogP contribution in [0, 0.1) is 11.6 Å². The number of hydrogen-bond donors (Lipinski definition) is 2. The molecule has 1 saturated heterocycles. The third kappa shape index (κ3) is 2.56. The average Bonchev–Trinajstić information content (AvgIpc) is 3.43. The molecule has 2 fully saturated rings. The molecular weight excluding hydrogens is 400 g/mol. The Bertz CT molecular complexity index is 1170. The molecule has 2 aliphatic heterocycles. The molecule has 2 amide bonds. The summed E-state index contributed by atoms with van der Waals surface area (Å²) < 4.78 is 35.0. The van der Waals surface area contributed by atoms with E-state index in [-0.39, 0.29) is 17.8 Å².